The standard InChI is InChI=1S/C30H33F3N6O4S/c1-4-34-29(43)38-25-13-20(28-37-24(16-44-28)30(31,32)33)21(14-36-25)18-6-7-19-23(12-18)39(10-8-17(2)3)15-22(26(19)41)27(42)35-9-5-11-40/h6-7,12-17,40H,4-5,8-11H2,1-3H3,(H,35,42)(H2,34,36,38,43). The second kappa shape index (κ2) is 14.0. The van der Waals surface area contributed by atoms with Crippen LogP contribution in [0.4, 0.5) is 23.8 Å². The molecule has 0 aliphatic carbocycles. The SMILES string of the molecule is CCNC(=O)Nc1cc(-c2nc(C(F)(F)F)cs2)c(-c2ccc3c(=O)c(C(=O)NCCCO)cn(CCC(C)C)c3c2)cn1. The molecule has 0 saturated heterocycles. The Balaban J connectivity index is 1.87. The van der Waals surface area contributed by atoms with Crippen molar-refractivity contribution in [3.63, 3.8) is 0 Å². The minimum atomic E-state index is -4.64. The number of carbonyl (C=O) groups is 2. The largest absolute Gasteiger partial charge is 0.434 e. The van der Waals surface area contributed by atoms with Crippen molar-refractivity contribution in [1.29, 1.82) is 0 Å². The van der Waals surface area contributed by atoms with Crippen molar-refractivity contribution in [3.8, 4) is 21.7 Å². The van der Waals surface area contributed by atoms with E-state index in [0.717, 1.165) is 23.1 Å². The van der Waals surface area contributed by atoms with Gasteiger partial charge in [0, 0.05) is 60.5 Å². The van der Waals surface area contributed by atoms with Gasteiger partial charge in [-0.1, -0.05) is 19.9 Å². The Morgan fingerprint density at radius 2 is 1.91 bits per heavy atom. The molecule has 4 rings (SSSR count). The Morgan fingerprint density at radius 1 is 1.14 bits per heavy atom. The summed E-state index contributed by atoms with van der Waals surface area (Å²) in [4.78, 5) is 46.5. The molecule has 0 aliphatic rings. The summed E-state index contributed by atoms with van der Waals surface area (Å²) in [5.41, 5.74) is 0.287. The highest BCUT2D eigenvalue weighted by molar-refractivity contribution is 7.13. The zero-order valence-electron chi connectivity index (χ0n) is 24.4. The van der Waals surface area contributed by atoms with E-state index in [4.69, 9.17) is 5.11 Å². The smallest absolute Gasteiger partial charge is 0.396 e. The Bertz CT molecular complexity index is 1720. The number of urea groups is 1. The van der Waals surface area contributed by atoms with Crippen LogP contribution in [0.3, 0.4) is 0 Å². The maximum atomic E-state index is 13.4. The fraction of sp³-hybridized carbons (Fsp3) is 0.367. The van der Waals surface area contributed by atoms with Crippen LogP contribution in [0.1, 0.15) is 49.7 Å². The van der Waals surface area contributed by atoms with Crippen LogP contribution in [0, 0.1) is 5.92 Å². The summed E-state index contributed by atoms with van der Waals surface area (Å²) in [6, 6.07) is 5.89. The van der Waals surface area contributed by atoms with E-state index in [2.05, 4.69) is 39.8 Å². The van der Waals surface area contributed by atoms with Crippen LogP contribution in [0.25, 0.3) is 32.6 Å². The van der Waals surface area contributed by atoms with Gasteiger partial charge >= 0.3 is 12.2 Å². The van der Waals surface area contributed by atoms with Crippen molar-refractivity contribution in [1.82, 2.24) is 25.2 Å². The molecule has 10 nitrogen and oxygen atoms in total. The van der Waals surface area contributed by atoms with Crippen molar-refractivity contribution < 1.29 is 27.9 Å². The van der Waals surface area contributed by atoms with Crippen LogP contribution in [0.5, 0.6) is 0 Å². The lowest BCUT2D eigenvalue weighted by Crippen LogP contribution is -2.31. The number of aliphatic hydroxyl groups excluding tert-OH is 1. The Kier molecular flexibility index (Phi) is 10.4. The number of hydrogen-bond acceptors (Lipinski definition) is 7. The molecule has 3 aromatic heterocycles. The predicted molar refractivity (Wildman–Crippen MR) is 164 cm³/mol. The number of carbonyl (C=O) groups excluding carboxylic acids is 2. The molecule has 0 spiro atoms. The maximum Gasteiger partial charge on any atom is 0.434 e. The number of aromatic nitrogens is 3. The average molecular weight is 631 g/mol. The zero-order valence-corrected chi connectivity index (χ0v) is 25.2. The lowest BCUT2D eigenvalue weighted by atomic mass is 9.99. The maximum absolute atomic E-state index is 13.4. The summed E-state index contributed by atoms with van der Waals surface area (Å²) in [7, 11) is 0. The number of pyridine rings is 2. The van der Waals surface area contributed by atoms with E-state index in [1.54, 1.807) is 25.1 Å². The van der Waals surface area contributed by atoms with Gasteiger partial charge in [-0.15, -0.1) is 11.3 Å². The third-order valence-corrected chi connectivity index (χ3v) is 7.59. The third-order valence-electron chi connectivity index (χ3n) is 6.71. The number of hydrogen-bond donors (Lipinski definition) is 4. The molecule has 14 heteroatoms. The summed E-state index contributed by atoms with van der Waals surface area (Å²) in [5.74, 6) is -0.105. The van der Waals surface area contributed by atoms with Crippen LogP contribution < -0.4 is 21.4 Å². The van der Waals surface area contributed by atoms with Gasteiger partial charge in [0.25, 0.3) is 5.91 Å². The van der Waals surface area contributed by atoms with E-state index < -0.39 is 29.2 Å². The molecule has 0 saturated carbocycles. The summed E-state index contributed by atoms with van der Waals surface area (Å²) < 4.78 is 42.1. The van der Waals surface area contributed by atoms with Gasteiger partial charge in [0.2, 0.25) is 5.43 Å². The molecule has 0 bridgehead atoms. The molecule has 3 amide bonds. The molecule has 0 unspecified atom stereocenters. The van der Waals surface area contributed by atoms with Gasteiger partial charge in [0.05, 0.1) is 5.52 Å². The highest BCUT2D eigenvalue weighted by Gasteiger charge is 2.34. The first-order valence-electron chi connectivity index (χ1n) is 14.1. The second-order valence-corrected chi connectivity index (χ2v) is 11.3. The number of nitrogens with one attached hydrogen (secondary N) is 3. The fourth-order valence-electron chi connectivity index (χ4n) is 4.46. The summed E-state index contributed by atoms with van der Waals surface area (Å²) in [5, 5.41) is 18.1. The van der Waals surface area contributed by atoms with E-state index in [9.17, 15) is 27.6 Å². The number of aliphatic hydroxyl groups is 1. The van der Waals surface area contributed by atoms with Crippen LogP contribution in [-0.2, 0) is 12.7 Å². The molecular weight excluding hydrogens is 597 g/mol. The Hall–Kier alpha value is -4.30. The van der Waals surface area contributed by atoms with Crippen LogP contribution >= 0.6 is 11.3 Å². The van der Waals surface area contributed by atoms with Crippen molar-refractivity contribution >= 4 is 40.0 Å². The molecule has 3 heterocycles. The number of fused-ring (bicyclic) bond motifs is 1. The zero-order chi connectivity index (χ0) is 32.0. The summed E-state index contributed by atoms with van der Waals surface area (Å²) in [6.07, 6.45) is -0.588. The lowest BCUT2D eigenvalue weighted by molar-refractivity contribution is -0.140. The van der Waals surface area contributed by atoms with Crippen LogP contribution in [-0.4, -0.2) is 51.3 Å². The molecular formula is C30H33F3N6O4S. The molecule has 1 aromatic carbocycles. The molecule has 0 aliphatic heterocycles. The minimum absolute atomic E-state index is 0.0300. The molecule has 0 radical (unpaired) electrons. The minimum Gasteiger partial charge on any atom is -0.396 e. The number of alkyl halides is 3. The molecule has 0 fully saturated rings. The quantitative estimate of drug-likeness (QED) is 0.161. The first kappa shape index (κ1) is 32.6. The van der Waals surface area contributed by atoms with Crippen molar-refractivity contribution in [2.75, 3.05) is 25.0 Å². The summed E-state index contributed by atoms with van der Waals surface area (Å²) in [6.45, 7) is 6.81. The third kappa shape index (κ3) is 7.61. The Morgan fingerprint density at radius 3 is 2.57 bits per heavy atom. The van der Waals surface area contributed by atoms with E-state index in [1.807, 2.05) is 4.57 Å². The van der Waals surface area contributed by atoms with Gasteiger partial charge in [-0.3, -0.25) is 14.9 Å². The van der Waals surface area contributed by atoms with E-state index in [0.29, 0.717) is 53.0 Å². The number of aryl methyl sites for hydroxylation is 1. The molecule has 4 aromatic rings. The van der Waals surface area contributed by atoms with Crippen molar-refractivity contribution in [3.05, 3.63) is 63.5 Å². The normalized spacial score (nSPS) is 11.6. The number of anilines is 1. The topological polar surface area (TPSA) is 138 Å². The highest BCUT2D eigenvalue weighted by atomic mass is 32.1. The monoisotopic (exact) mass is 630 g/mol. The van der Waals surface area contributed by atoms with Crippen LogP contribution in [0.2, 0.25) is 0 Å². The van der Waals surface area contributed by atoms with Crippen molar-refractivity contribution in [2.45, 2.75) is 46.3 Å². The first-order chi connectivity index (χ1) is 20.9. The van der Waals surface area contributed by atoms with Gasteiger partial charge in [-0.2, -0.15) is 13.2 Å². The van der Waals surface area contributed by atoms with Crippen LogP contribution in [0.15, 0.2) is 46.8 Å². The van der Waals surface area contributed by atoms with Gasteiger partial charge in [-0.25, -0.2) is 14.8 Å². The first-order valence-corrected chi connectivity index (χ1v) is 15.0. The van der Waals surface area contributed by atoms with E-state index >= 15 is 0 Å². The fourth-order valence-corrected chi connectivity index (χ4v) is 5.31. The van der Waals surface area contributed by atoms with Gasteiger partial charge < -0.3 is 20.3 Å². The predicted octanol–water partition coefficient (Wildman–Crippen LogP) is 5.51. The van der Waals surface area contributed by atoms with E-state index in [-0.39, 0.29) is 29.5 Å². The Labute approximate surface area is 255 Å². The van der Waals surface area contributed by atoms with Gasteiger partial charge in [-0.05, 0) is 49.4 Å². The molecule has 4 N–H and O–H groups in total. The number of benzene rings is 1. The highest BCUT2D eigenvalue weighted by Crippen LogP contribution is 2.39. The van der Waals surface area contributed by atoms with E-state index in [1.165, 1.54) is 18.5 Å². The summed E-state index contributed by atoms with van der Waals surface area (Å²) >= 11 is 0.807. The second-order valence-electron chi connectivity index (χ2n) is 10.4. The number of rotatable bonds is 11. The molecule has 0 atom stereocenters. The van der Waals surface area contributed by atoms with Gasteiger partial charge in [0.1, 0.15) is 16.4 Å². The lowest BCUT2D eigenvalue weighted by Gasteiger charge is -2.17. The number of amides is 3. The number of nitrogens with zero attached hydrogens (tertiary/aromatic N) is 3. The average Bonchev–Trinajstić information content (AvgIpc) is 3.48. The van der Waals surface area contributed by atoms with Gasteiger partial charge in [0.15, 0.2) is 5.69 Å². The number of thiazole rings is 1. The molecule has 44 heavy (non-hydrogen) atoms. The number of halogens is 3. The van der Waals surface area contributed by atoms with Crippen molar-refractivity contribution in [2.24, 2.45) is 5.92 Å². The molecule has 234 valence electrons.